The van der Waals surface area contributed by atoms with Crippen molar-refractivity contribution in [1.29, 1.82) is 0 Å². The molecule has 0 fully saturated rings. The largest absolute Gasteiger partial charge is 0.338 e. The number of hydrogen-bond donors (Lipinski definition) is 1. The van der Waals surface area contributed by atoms with E-state index in [2.05, 4.69) is 5.32 Å². The zero-order valence-electron chi connectivity index (χ0n) is 16.9. The van der Waals surface area contributed by atoms with Crippen molar-refractivity contribution in [2.45, 2.75) is 32.1 Å². The molecule has 0 aliphatic rings. The lowest BCUT2D eigenvalue weighted by atomic mass is 10.1. The van der Waals surface area contributed by atoms with Crippen LogP contribution in [0.2, 0.25) is 0 Å². The number of non-ortho nitro benzene ring substituents is 1. The number of nitro groups is 1. The smallest absolute Gasteiger partial charge is 0.269 e. The van der Waals surface area contributed by atoms with Crippen molar-refractivity contribution in [2.24, 2.45) is 0 Å². The first-order valence-electron chi connectivity index (χ1n) is 9.18. The van der Waals surface area contributed by atoms with Crippen LogP contribution >= 0.6 is 11.8 Å². The third-order valence-corrected chi connectivity index (χ3v) is 5.77. The Morgan fingerprint density at radius 3 is 2.45 bits per heavy atom. The lowest BCUT2D eigenvalue weighted by molar-refractivity contribution is -0.384. The maximum absolute atomic E-state index is 12.7. The van der Waals surface area contributed by atoms with E-state index in [-0.39, 0.29) is 29.3 Å². The van der Waals surface area contributed by atoms with E-state index in [4.69, 9.17) is 0 Å². The van der Waals surface area contributed by atoms with Crippen LogP contribution in [-0.4, -0.2) is 39.7 Å². The summed E-state index contributed by atoms with van der Waals surface area (Å²) < 4.78 is 0. The van der Waals surface area contributed by atoms with E-state index >= 15 is 0 Å². The molecule has 2 atom stereocenters. The molecule has 29 heavy (non-hydrogen) atoms. The molecule has 0 aliphatic carbocycles. The molecule has 2 aromatic carbocycles. The number of nitro benzene ring substituents is 1. The monoisotopic (exact) mass is 415 g/mol. The molecule has 0 saturated heterocycles. The number of carbonyl (C=O) groups is 2. The Labute approximate surface area is 174 Å². The number of thioether (sulfide) groups is 1. The molecule has 0 aromatic heterocycles. The second-order valence-corrected chi connectivity index (χ2v) is 8.17. The summed E-state index contributed by atoms with van der Waals surface area (Å²) in [6, 6.07) is 13.4. The summed E-state index contributed by atoms with van der Waals surface area (Å²) >= 11 is 1.25. The molecule has 0 saturated carbocycles. The highest BCUT2D eigenvalue weighted by atomic mass is 32.2. The van der Waals surface area contributed by atoms with Gasteiger partial charge in [-0.2, -0.15) is 0 Å². The van der Waals surface area contributed by atoms with E-state index in [0.717, 1.165) is 11.3 Å². The summed E-state index contributed by atoms with van der Waals surface area (Å²) in [4.78, 5) is 36.9. The van der Waals surface area contributed by atoms with Gasteiger partial charge in [0.05, 0.1) is 22.0 Å². The molecule has 0 spiro atoms. The minimum Gasteiger partial charge on any atom is -0.338 e. The maximum atomic E-state index is 12.7. The molecular formula is C21H25N3O4S. The van der Waals surface area contributed by atoms with Gasteiger partial charge in [-0.25, -0.2) is 0 Å². The van der Waals surface area contributed by atoms with E-state index < -0.39 is 10.2 Å². The summed E-state index contributed by atoms with van der Waals surface area (Å²) in [5, 5.41) is 13.4. The Morgan fingerprint density at radius 2 is 1.83 bits per heavy atom. The number of amides is 2. The third-order valence-electron chi connectivity index (χ3n) is 4.64. The summed E-state index contributed by atoms with van der Waals surface area (Å²) in [5.74, 6) is -0.162. The van der Waals surface area contributed by atoms with Crippen molar-refractivity contribution >= 4 is 35.0 Å². The van der Waals surface area contributed by atoms with Gasteiger partial charge in [-0.05, 0) is 38.5 Å². The van der Waals surface area contributed by atoms with Crippen LogP contribution in [0.4, 0.5) is 11.4 Å². The van der Waals surface area contributed by atoms with Gasteiger partial charge in [0.15, 0.2) is 0 Å². The average Bonchev–Trinajstić information content (AvgIpc) is 2.72. The number of carbonyl (C=O) groups excluding carboxylic acids is 2. The zero-order chi connectivity index (χ0) is 21.6. The van der Waals surface area contributed by atoms with Crippen molar-refractivity contribution in [1.82, 2.24) is 4.90 Å². The molecule has 154 valence electrons. The number of aryl methyl sites for hydroxylation is 1. The fraction of sp³-hybridized carbons (Fsp3) is 0.333. The molecule has 0 heterocycles. The number of rotatable bonds is 8. The molecule has 2 rings (SSSR count). The molecule has 1 N–H and O–H groups in total. The fourth-order valence-electron chi connectivity index (χ4n) is 2.71. The quantitative estimate of drug-likeness (QED) is 0.516. The molecule has 7 nitrogen and oxygen atoms in total. The number of anilines is 1. The predicted octanol–water partition coefficient (Wildman–Crippen LogP) is 4.18. The fourth-order valence-corrected chi connectivity index (χ4v) is 3.49. The molecule has 2 unspecified atom stereocenters. The van der Waals surface area contributed by atoms with Crippen LogP contribution in [-0.2, 0) is 9.59 Å². The summed E-state index contributed by atoms with van der Waals surface area (Å²) in [5.41, 5.74) is 2.50. The third kappa shape index (κ3) is 6.32. The Hall–Kier alpha value is -2.87. The normalized spacial score (nSPS) is 12.7. The van der Waals surface area contributed by atoms with E-state index in [1.807, 2.05) is 38.1 Å². The maximum Gasteiger partial charge on any atom is 0.269 e. The highest BCUT2D eigenvalue weighted by Gasteiger charge is 2.24. The van der Waals surface area contributed by atoms with Gasteiger partial charge in [-0.3, -0.25) is 19.7 Å². The number of nitrogens with one attached hydrogen (secondary N) is 1. The van der Waals surface area contributed by atoms with Gasteiger partial charge >= 0.3 is 0 Å². The van der Waals surface area contributed by atoms with Gasteiger partial charge < -0.3 is 10.2 Å². The Balaban J connectivity index is 1.91. The number of benzene rings is 2. The van der Waals surface area contributed by atoms with Crippen LogP contribution < -0.4 is 5.32 Å². The SMILES string of the molecule is Cc1ccc(NC(=O)CSC(C)C(=O)N(C)C(C)c2cccc([N+](=O)[O-])c2)cc1. The molecule has 0 aliphatic heterocycles. The van der Waals surface area contributed by atoms with Gasteiger partial charge in [0.2, 0.25) is 11.8 Å². The first-order chi connectivity index (χ1) is 13.7. The van der Waals surface area contributed by atoms with Crippen LogP contribution in [0, 0.1) is 17.0 Å². The Kier molecular flexibility index (Phi) is 7.78. The lowest BCUT2D eigenvalue weighted by Gasteiger charge is -2.27. The summed E-state index contributed by atoms with van der Waals surface area (Å²) in [6.45, 7) is 5.54. The standard InChI is InChI=1S/C21H25N3O4S/c1-14-8-10-18(11-9-14)22-20(25)13-29-16(3)21(26)23(4)15(2)17-6-5-7-19(12-17)24(27)28/h5-12,15-16H,13H2,1-4H3,(H,22,25). The first-order valence-corrected chi connectivity index (χ1v) is 10.2. The van der Waals surface area contributed by atoms with Gasteiger partial charge in [0, 0.05) is 24.9 Å². The van der Waals surface area contributed by atoms with Crippen molar-refractivity contribution < 1.29 is 14.5 Å². The van der Waals surface area contributed by atoms with E-state index in [9.17, 15) is 19.7 Å². The van der Waals surface area contributed by atoms with E-state index in [1.165, 1.54) is 23.9 Å². The van der Waals surface area contributed by atoms with E-state index in [0.29, 0.717) is 5.56 Å². The predicted molar refractivity (Wildman–Crippen MR) is 116 cm³/mol. The summed E-state index contributed by atoms with van der Waals surface area (Å²) in [6.07, 6.45) is 0. The molecular weight excluding hydrogens is 390 g/mol. The number of hydrogen-bond acceptors (Lipinski definition) is 5. The average molecular weight is 416 g/mol. The lowest BCUT2D eigenvalue weighted by Crippen LogP contribution is -2.36. The van der Waals surface area contributed by atoms with Crippen LogP contribution in [0.3, 0.4) is 0 Å². The van der Waals surface area contributed by atoms with Crippen molar-refractivity contribution in [3.63, 3.8) is 0 Å². The Bertz CT molecular complexity index is 886. The molecule has 2 amide bonds. The first kappa shape index (κ1) is 22.4. The van der Waals surface area contributed by atoms with Crippen molar-refractivity contribution in [3.8, 4) is 0 Å². The topological polar surface area (TPSA) is 92.6 Å². The second kappa shape index (κ2) is 10.1. The minimum absolute atomic E-state index is 0.00889. The van der Waals surface area contributed by atoms with Crippen LogP contribution in [0.5, 0.6) is 0 Å². The highest BCUT2D eigenvalue weighted by Crippen LogP contribution is 2.25. The van der Waals surface area contributed by atoms with Gasteiger partial charge in [0.25, 0.3) is 5.69 Å². The van der Waals surface area contributed by atoms with Crippen LogP contribution in [0.25, 0.3) is 0 Å². The zero-order valence-corrected chi connectivity index (χ0v) is 17.7. The highest BCUT2D eigenvalue weighted by molar-refractivity contribution is 8.01. The molecule has 8 heteroatoms. The summed E-state index contributed by atoms with van der Waals surface area (Å²) in [7, 11) is 1.66. The molecule has 2 aromatic rings. The number of nitrogens with zero attached hydrogens (tertiary/aromatic N) is 2. The van der Waals surface area contributed by atoms with Gasteiger partial charge in [-0.1, -0.05) is 29.8 Å². The molecule has 0 bridgehead atoms. The van der Waals surface area contributed by atoms with Crippen LogP contribution in [0.15, 0.2) is 48.5 Å². The molecule has 0 radical (unpaired) electrons. The van der Waals surface area contributed by atoms with Crippen molar-refractivity contribution in [3.05, 3.63) is 69.8 Å². The van der Waals surface area contributed by atoms with Gasteiger partial charge in [0.1, 0.15) is 0 Å². The van der Waals surface area contributed by atoms with E-state index in [1.54, 1.807) is 31.0 Å². The van der Waals surface area contributed by atoms with Gasteiger partial charge in [-0.15, -0.1) is 11.8 Å². The Morgan fingerprint density at radius 1 is 1.17 bits per heavy atom. The van der Waals surface area contributed by atoms with Crippen molar-refractivity contribution in [2.75, 3.05) is 18.1 Å². The minimum atomic E-state index is -0.455. The van der Waals surface area contributed by atoms with Crippen LogP contribution in [0.1, 0.15) is 31.0 Å². The second-order valence-electron chi connectivity index (χ2n) is 6.84.